The molecular weight excluding hydrogens is 344 g/mol. The smallest absolute Gasteiger partial charge is 0.261 e. The Bertz CT molecular complexity index is 903. The van der Waals surface area contributed by atoms with Crippen molar-refractivity contribution in [1.29, 1.82) is 0 Å². The first-order valence-electron chi connectivity index (χ1n) is 9.24. The largest absolute Gasteiger partial charge is 0.376 e. The van der Waals surface area contributed by atoms with Crippen LogP contribution in [0.1, 0.15) is 55.3 Å². The highest BCUT2D eigenvalue weighted by Gasteiger charge is 2.36. The van der Waals surface area contributed by atoms with Gasteiger partial charge < -0.3 is 9.30 Å². The molecule has 0 spiro atoms. The van der Waals surface area contributed by atoms with E-state index in [9.17, 15) is 14.4 Å². The molecule has 1 atom stereocenters. The van der Waals surface area contributed by atoms with Crippen LogP contribution in [0.15, 0.2) is 30.3 Å². The summed E-state index contributed by atoms with van der Waals surface area (Å²) in [4.78, 5) is 38.9. The number of hydrogen-bond donors (Lipinski definition) is 0. The first kappa shape index (κ1) is 17.7. The van der Waals surface area contributed by atoms with E-state index in [2.05, 4.69) is 4.57 Å². The number of aromatic nitrogens is 1. The van der Waals surface area contributed by atoms with Crippen LogP contribution < -0.4 is 0 Å². The van der Waals surface area contributed by atoms with E-state index in [-0.39, 0.29) is 18.4 Å². The third-order valence-corrected chi connectivity index (χ3v) is 5.46. The third-order valence-electron chi connectivity index (χ3n) is 5.46. The van der Waals surface area contributed by atoms with E-state index in [0.717, 1.165) is 42.3 Å². The zero-order chi connectivity index (χ0) is 19.1. The molecule has 6 heteroatoms. The van der Waals surface area contributed by atoms with E-state index in [1.165, 1.54) is 0 Å². The van der Waals surface area contributed by atoms with E-state index < -0.39 is 11.8 Å². The van der Waals surface area contributed by atoms with Gasteiger partial charge in [0, 0.05) is 30.1 Å². The number of hydrogen-bond acceptors (Lipinski definition) is 4. The highest BCUT2D eigenvalue weighted by Crippen LogP contribution is 2.24. The third kappa shape index (κ3) is 3.00. The maximum absolute atomic E-state index is 12.9. The fourth-order valence-electron chi connectivity index (χ4n) is 3.97. The van der Waals surface area contributed by atoms with Gasteiger partial charge in [0.1, 0.15) is 0 Å². The molecular formula is C21H22N2O4. The minimum absolute atomic E-state index is 0.175. The molecule has 3 heterocycles. The van der Waals surface area contributed by atoms with Crippen molar-refractivity contribution >= 4 is 17.6 Å². The van der Waals surface area contributed by atoms with Crippen molar-refractivity contribution in [2.75, 3.05) is 13.2 Å². The lowest BCUT2D eigenvalue weighted by Crippen LogP contribution is -2.35. The van der Waals surface area contributed by atoms with Crippen LogP contribution in [-0.2, 0) is 11.3 Å². The fourth-order valence-corrected chi connectivity index (χ4v) is 3.97. The van der Waals surface area contributed by atoms with Gasteiger partial charge in [0.05, 0.1) is 23.8 Å². The van der Waals surface area contributed by atoms with E-state index in [1.807, 2.05) is 19.9 Å². The zero-order valence-electron chi connectivity index (χ0n) is 15.5. The fraction of sp³-hybridized carbons (Fsp3) is 0.381. The molecule has 2 aliphatic rings. The van der Waals surface area contributed by atoms with Crippen LogP contribution in [0.25, 0.3) is 0 Å². The molecule has 0 saturated carbocycles. The molecule has 6 nitrogen and oxygen atoms in total. The summed E-state index contributed by atoms with van der Waals surface area (Å²) in [5.74, 6) is -1.04. The van der Waals surface area contributed by atoms with Gasteiger partial charge in [0.25, 0.3) is 11.8 Å². The molecule has 1 aromatic carbocycles. The first-order chi connectivity index (χ1) is 13.0. The Kier molecular flexibility index (Phi) is 4.44. The minimum Gasteiger partial charge on any atom is -0.376 e. The Morgan fingerprint density at radius 2 is 1.81 bits per heavy atom. The normalized spacial score (nSPS) is 19.0. The van der Waals surface area contributed by atoms with Gasteiger partial charge in [-0.15, -0.1) is 0 Å². The molecule has 2 aliphatic heterocycles. The number of Topliss-reactive ketones (excluding diaryl/α,β-unsaturated/α-hetero) is 1. The molecule has 0 bridgehead atoms. The van der Waals surface area contributed by atoms with Gasteiger partial charge in [-0.25, -0.2) is 0 Å². The number of ketones is 1. The Balaban J connectivity index is 1.54. The first-order valence-corrected chi connectivity index (χ1v) is 9.24. The number of amides is 2. The van der Waals surface area contributed by atoms with Crippen LogP contribution in [0, 0.1) is 13.8 Å². The van der Waals surface area contributed by atoms with Crippen LogP contribution >= 0.6 is 0 Å². The summed E-state index contributed by atoms with van der Waals surface area (Å²) >= 11 is 0. The van der Waals surface area contributed by atoms with Crippen molar-refractivity contribution in [3.05, 3.63) is 58.4 Å². The van der Waals surface area contributed by atoms with E-state index in [0.29, 0.717) is 16.7 Å². The SMILES string of the molecule is Cc1cc(C(=O)CN2C(=O)c3ccccc3C2=O)c(C)n1CC1CCCO1. The average molecular weight is 366 g/mol. The molecule has 0 aliphatic carbocycles. The van der Waals surface area contributed by atoms with Crippen LogP contribution in [0.3, 0.4) is 0 Å². The maximum Gasteiger partial charge on any atom is 0.261 e. The lowest BCUT2D eigenvalue weighted by Gasteiger charge is -2.15. The van der Waals surface area contributed by atoms with Gasteiger partial charge >= 0.3 is 0 Å². The maximum atomic E-state index is 12.9. The van der Waals surface area contributed by atoms with E-state index in [4.69, 9.17) is 4.74 Å². The summed E-state index contributed by atoms with van der Waals surface area (Å²) in [5.41, 5.74) is 3.11. The highest BCUT2D eigenvalue weighted by atomic mass is 16.5. The molecule has 4 rings (SSSR count). The standard InChI is InChI=1S/C21H22N2O4/c1-13-10-18(14(2)22(13)11-15-6-5-9-27-15)19(24)12-23-20(25)16-7-3-4-8-17(16)21(23)26/h3-4,7-8,10,15H,5-6,9,11-12H2,1-2H3. The number of fused-ring (bicyclic) bond motifs is 1. The summed E-state index contributed by atoms with van der Waals surface area (Å²) < 4.78 is 7.79. The number of rotatable bonds is 5. The predicted octanol–water partition coefficient (Wildman–Crippen LogP) is 2.76. The number of aryl methyl sites for hydroxylation is 1. The van der Waals surface area contributed by atoms with Crippen molar-refractivity contribution in [2.24, 2.45) is 0 Å². The lowest BCUT2D eigenvalue weighted by atomic mass is 10.1. The van der Waals surface area contributed by atoms with Gasteiger partial charge in [-0.3, -0.25) is 19.3 Å². The summed E-state index contributed by atoms with van der Waals surface area (Å²) in [6.07, 6.45) is 2.26. The summed E-state index contributed by atoms with van der Waals surface area (Å²) in [5, 5.41) is 0. The number of nitrogens with zero attached hydrogens (tertiary/aromatic N) is 2. The second-order valence-electron chi connectivity index (χ2n) is 7.20. The molecule has 1 aromatic heterocycles. The van der Waals surface area contributed by atoms with Crippen molar-refractivity contribution < 1.29 is 19.1 Å². The number of imide groups is 1. The molecule has 1 fully saturated rings. The quantitative estimate of drug-likeness (QED) is 0.603. The molecule has 0 radical (unpaired) electrons. The summed E-state index contributed by atoms with van der Waals surface area (Å²) in [6.45, 7) is 5.13. The second kappa shape index (κ2) is 6.78. The van der Waals surface area contributed by atoms with Crippen molar-refractivity contribution in [3.8, 4) is 0 Å². The van der Waals surface area contributed by atoms with Gasteiger partial charge in [-0.1, -0.05) is 12.1 Å². The number of ether oxygens (including phenoxy) is 1. The Hall–Kier alpha value is -2.73. The molecule has 2 aromatic rings. The summed E-state index contributed by atoms with van der Waals surface area (Å²) in [6, 6.07) is 8.51. The zero-order valence-corrected chi connectivity index (χ0v) is 15.5. The van der Waals surface area contributed by atoms with E-state index >= 15 is 0 Å². The van der Waals surface area contributed by atoms with Crippen molar-refractivity contribution in [2.45, 2.75) is 39.3 Å². The van der Waals surface area contributed by atoms with Crippen LogP contribution in [-0.4, -0.2) is 46.3 Å². The van der Waals surface area contributed by atoms with Gasteiger partial charge in [0.2, 0.25) is 0 Å². The predicted molar refractivity (Wildman–Crippen MR) is 99.0 cm³/mol. The molecule has 0 N–H and O–H groups in total. The van der Waals surface area contributed by atoms with Gasteiger partial charge in [-0.05, 0) is 44.9 Å². The van der Waals surface area contributed by atoms with Crippen molar-refractivity contribution in [1.82, 2.24) is 9.47 Å². The lowest BCUT2D eigenvalue weighted by molar-refractivity contribution is 0.0624. The Morgan fingerprint density at radius 1 is 1.15 bits per heavy atom. The summed E-state index contributed by atoms with van der Waals surface area (Å²) in [7, 11) is 0. The minimum atomic E-state index is -0.405. The van der Waals surface area contributed by atoms with Gasteiger partial charge in [-0.2, -0.15) is 0 Å². The number of carbonyl (C=O) groups is 3. The molecule has 2 amide bonds. The Labute approximate surface area is 157 Å². The molecule has 1 unspecified atom stereocenters. The number of benzene rings is 1. The van der Waals surface area contributed by atoms with Crippen LogP contribution in [0.5, 0.6) is 0 Å². The molecule has 27 heavy (non-hydrogen) atoms. The van der Waals surface area contributed by atoms with Crippen LogP contribution in [0.2, 0.25) is 0 Å². The second-order valence-corrected chi connectivity index (χ2v) is 7.20. The molecule has 140 valence electrons. The van der Waals surface area contributed by atoms with Gasteiger partial charge in [0.15, 0.2) is 5.78 Å². The molecule has 1 saturated heterocycles. The average Bonchev–Trinajstić information content (AvgIpc) is 3.34. The van der Waals surface area contributed by atoms with Crippen molar-refractivity contribution in [3.63, 3.8) is 0 Å². The highest BCUT2D eigenvalue weighted by molar-refractivity contribution is 6.23. The van der Waals surface area contributed by atoms with E-state index in [1.54, 1.807) is 24.3 Å². The monoisotopic (exact) mass is 366 g/mol. The Morgan fingerprint density at radius 3 is 2.41 bits per heavy atom. The van der Waals surface area contributed by atoms with Crippen LogP contribution in [0.4, 0.5) is 0 Å². The number of carbonyl (C=O) groups excluding carboxylic acids is 3. The topological polar surface area (TPSA) is 68.6 Å².